The zero-order chi connectivity index (χ0) is 20.0. The third kappa shape index (κ3) is 3.23. The van der Waals surface area contributed by atoms with Crippen LogP contribution >= 0.6 is 11.6 Å². The number of benzene rings is 2. The molecule has 0 saturated carbocycles. The maximum atomic E-state index is 12.2. The summed E-state index contributed by atoms with van der Waals surface area (Å²) >= 11 is 6.35. The Hall–Kier alpha value is -3.32. The van der Waals surface area contributed by atoms with Gasteiger partial charge in [0, 0.05) is 17.0 Å². The number of nitrogens with one attached hydrogen (secondary N) is 2. The molecule has 5 rings (SSSR count). The highest BCUT2D eigenvalue weighted by molar-refractivity contribution is 6.32. The fourth-order valence-corrected chi connectivity index (χ4v) is 3.93. The molecule has 8 heteroatoms. The van der Waals surface area contributed by atoms with Gasteiger partial charge in [-0.1, -0.05) is 23.7 Å². The Bertz CT molecular complexity index is 1290. The van der Waals surface area contributed by atoms with Crippen molar-refractivity contribution in [2.75, 3.05) is 11.9 Å². The first kappa shape index (κ1) is 17.8. The van der Waals surface area contributed by atoms with Gasteiger partial charge >= 0.3 is 5.63 Å². The van der Waals surface area contributed by atoms with Crippen LogP contribution in [0.4, 0.5) is 5.95 Å². The van der Waals surface area contributed by atoms with Crippen LogP contribution in [0.1, 0.15) is 17.5 Å². The van der Waals surface area contributed by atoms with Crippen molar-refractivity contribution in [1.82, 2.24) is 9.97 Å². The average Bonchev–Trinajstić information content (AvgIpc) is 3.34. The summed E-state index contributed by atoms with van der Waals surface area (Å²) in [5.41, 5.74) is 3.39. The largest absolute Gasteiger partial charge is 0.482 e. The number of amides is 1. The number of anilines is 1. The molecule has 2 N–H and O–H groups in total. The topological polar surface area (TPSA) is 97.2 Å². The van der Waals surface area contributed by atoms with Gasteiger partial charge in [0.15, 0.2) is 6.61 Å². The van der Waals surface area contributed by atoms with E-state index >= 15 is 0 Å². The number of ether oxygens (including phenoxy) is 1. The van der Waals surface area contributed by atoms with Crippen molar-refractivity contribution in [2.45, 2.75) is 19.3 Å². The molecule has 4 aromatic rings. The van der Waals surface area contributed by atoms with E-state index < -0.39 is 5.91 Å². The lowest BCUT2D eigenvalue weighted by Gasteiger charge is -2.10. The van der Waals surface area contributed by atoms with Gasteiger partial charge in [-0.3, -0.25) is 10.1 Å². The van der Waals surface area contributed by atoms with Crippen LogP contribution in [0.2, 0.25) is 5.02 Å². The van der Waals surface area contributed by atoms with E-state index in [0.29, 0.717) is 16.6 Å². The molecular formula is C21H16ClN3O4. The summed E-state index contributed by atoms with van der Waals surface area (Å²) in [7, 11) is 0. The Labute approximate surface area is 169 Å². The zero-order valence-corrected chi connectivity index (χ0v) is 16.0. The second-order valence-electron chi connectivity index (χ2n) is 6.92. The van der Waals surface area contributed by atoms with Crippen LogP contribution in [0.25, 0.3) is 22.0 Å². The molecule has 0 bridgehead atoms. The standard InChI is InChI=1S/C21H16ClN3O4/c22-14-8-13-11-4-3-5-12(11)20(27)29-17(13)9-18(14)28-10-19(26)25-21-23-15-6-1-2-7-16(15)24-21/h1-2,6-9H,3-5,10H2,(H2,23,24,25,26). The van der Waals surface area contributed by atoms with E-state index in [1.807, 2.05) is 24.3 Å². The fourth-order valence-electron chi connectivity index (χ4n) is 3.72. The summed E-state index contributed by atoms with van der Waals surface area (Å²) in [5.74, 6) is 0.224. The maximum absolute atomic E-state index is 12.2. The van der Waals surface area contributed by atoms with Gasteiger partial charge in [-0.25, -0.2) is 9.78 Å². The molecule has 0 atom stereocenters. The van der Waals surface area contributed by atoms with Gasteiger partial charge in [0.05, 0.1) is 16.1 Å². The Morgan fingerprint density at radius 1 is 1.24 bits per heavy atom. The molecule has 0 radical (unpaired) electrons. The first-order valence-electron chi connectivity index (χ1n) is 9.24. The SMILES string of the molecule is O=C(COc1cc2oc(=O)c3c(c2cc1Cl)CCC3)Nc1nc2ccccc2[nH]1. The summed E-state index contributed by atoms with van der Waals surface area (Å²) in [6.45, 7) is -0.266. The average molecular weight is 410 g/mol. The van der Waals surface area contributed by atoms with Crippen molar-refractivity contribution >= 4 is 45.5 Å². The van der Waals surface area contributed by atoms with E-state index in [1.165, 1.54) is 0 Å². The monoisotopic (exact) mass is 409 g/mol. The predicted octanol–water partition coefficient (Wildman–Crippen LogP) is 3.83. The number of aromatic nitrogens is 2. The molecule has 0 spiro atoms. The second-order valence-corrected chi connectivity index (χ2v) is 7.33. The highest BCUT2D eigenvalue weighted by Gasteiger charge is 2.21. The first-order chi connectivity index (χ1) is 14.1. The molecule has 7 nitrogen and oxygen atoms in total. The highest BCUT2D eigenvalue weighted by atomic mass is 35.5. The van der Waals surface area contributed by atoms with Crippen LogP contribution in [-0.4, -0.2) is 22.5 Å². The predicted molar refractivity (Wildman–Crippen MR) is 110 cm³/mol. The molecule has 0 aliphatic heterocycles. The number of H-pyrrole nitrogens is 1. The number of aryl methyl sites for hydroxylation is 1. The van der Waals surface area contributed by atoms with Gasteiger partial charge in [-0.15, -0.1) is 0 Å². The molecular weight excluding hydrogens is 394 g/mol. The third-order valence-corrected chi connectivity index (χ3v) is 5.33. The number of aromatic amines is 1. The van der Waals surface area contributed by atoms with Crippen LogP contribution in [0, 0.1) is 0 Å². The van der Waals surface area contributed by atoms with Gasteiger partial charge in [0.25, 0.3) is 5.91 Å². The van der Waals surface area contributed by atoms with Crippen LogP contribution in [0.5, 0.6) is 5.75 Å². The molecule has 2 heterocycles. The third-order valence-electron chi connectivity index (χ3n) is 5.03. The Kier molecular flexibility index (Phi) is 4.24. The van der Waals surface area contributed by atoms with Crippen LogP contribution in [-0.2, 0) is 17.6 Å². The number of halogens is 1. The lowest BCUT2D eigenvalue weighted by molar-refractivity contribution is -0.118. The Morgan fingerprint density at radius 2 is 2.07 bits per heavy atom. The molecule has 0 fully saturated rings. The molecule has 1 amide bonds. The van der Waals surface area contributed by atoms with E-state index in [1.54, 1.807) is 12.1 Å². The van der Waals surface area contributed by atoms with Crippen molar-refractivity contribution in [3.8, 4) is 5.75 Å². The fraction of sp³-hybridized carbons (Fsp3) is 0.190. The number of nitrogens with zero attached hydrogens (tertiary/aromatic N) is 1. The summed E-state index contributed by atoms with van der Waals surface area (Å²) in [6, 6.07) is 10.8. The Balaban J connectivity index is 1.34. The van der Waals surface area contributed by atoms with Crippen molar-refractivity contribution in [3.63, 3.8) is 0 Å². The highest BCUT2D eigenvalue weighted by Crippen LogP contribution is 2.34. The lowest BCUT2D eigenvalue weighted by Crippen LogP contribution is -2.21. The van der Waals surface area contributed by atoms with Gasteiger partial charge < -0.3 is 14.1 Å². The van der Waals surface area contributed by atoms with Gasteiger partial charge in [0.1, 0.15) is 11.3 Å². The number of imidazole rings is 1. The minimum atomic E-state index is -0.393. The van der Waals surface area contributed by atoms with Crippen molar-refractivity contribution < 1.29 is 13.9 Å². The number of para-hydroxylation sites is 2. The molecule has 0 unspecified atom stereocenters. The summed E-state index contributed by atoms with van der Waals surface area (Å²) < 4.78 is 11.0. The van der Waals surface area contributed by atoms with Crippen LogP contribution in [0.3, 0.4) is 0 Å². The number of hydrogen-bond acceptors (Lipinski definition) is 5. The zero-order valence-electron chi connectivity index (χ0n) is 15.3. The van der Waals surface area contributed by atoms with Crippen LogP contribution in [0.15, 0.2) is 45.6 Å². The molecule has 146 valence electrons. The van der Waals surface area contributed by atoms with E-state index in [4.69, 9.17) is 20.8 Å². The van der Waals surface area contributed by atoms with Gasteiger partial charge in [0.2, 0.25) is 5.95 Å². The smallest absolute Gasteiger partial charge is 0.339 e. The molecule has 2 aromatic carbocycles. The van der Waals surface area contributed by atoms with E-state index in [-0.39, 0.29) is 18.0 Å². The summed E-state index contributed by atoms with van der Waals surface area (Å²) in [5, 5.41) is 3.83. The molecule has 29 heavy (non-hydrogen) atoms. The number of carbonyl (C=O) groups is 1. The van der Waals surface area contributed by atoms with Gasteiger partial charge in [-0.2, -0.15) is 0 Å². The van der Waals surface area contributed by atoms with E-state index in [9.17, 15) is 9.59 Å². The molecule has 2 aromatic heterocycles. The number of fused-ring (bicyclic) bond motifs is 4. The first-order valence-corrected chi connectivity index (χ1v) is 9.62. The summed E-state index contributed by atoms with van der Waals surface area (Å²) in [4.78, 5) is 31.7. The Morgan fingerprint density at radius 3 is 2.93 bits per heavy atom. The molecule has 1 aliphatic carbocycles. The van der Waals surface area contributed by atoms with Crippen LogP contribution < -0.4 is 15.7 Å². The second kappa shape index (κ2) is 6.93. The number of carbonyl (C=O) groups excluding carboxylic acids is 1. The van der Waals surface area contributed by atoms with Crippen molar-refractivity contribution in [2.24, 2.45) is 0 Å². The minimum absolute atomic E-state index is 0.266. The van der Waals surface area contributed by atoms with E-state index in [0.717, 1.165) is 46.8 Å². The normalized spacial score (nSPS) is 13.0. The minimum Gasteiger partial charge on any atom is -0.482 e. The summed E-state index contributed by atoms with van der Waals surface area (Å²) in [6.07, 6.45) is 2.48. The van der Waals surface area contributed by atoms with Gasteiger partial charge in [-0.05, 0) is 43.0 Å². The van der Waals surface area contributed by atoms with Crippen molar-refractivity contribution in [3.05, 3.63) is 63.0 Å². The number of rotatable bonds is 4. The maximum Gasteiger partial charge on any atom is 0.339 e. The molecule has 0 saturated heterocycles. The quantitative estimate of drug-likeness (QED) is 0.499. The number of hydrogen-bond donors (Lipinski definition) is 2. The molecule has 1 aliphatic rings. The van der Waals surface area contributed by atoms with E-state index in [2.05, 4.69) is 15.3 Å². The lowest BCUT2D eigenvalue weighted by atomic mass is 10.1. The van der Waals surface area contributed by atoms with Crippen molar-refractivity contribution in [1.29, 1.82) is 0 Å².